The second kappa shape index (κ2) is 3.69. The first-order valence-corrected chi connectivity index (χ1v) is 4.07. The molecule has 0 heterocycles. The van der Waals surface area contributed by atoms with Crippen LogP contribution in [0.3, 0.4) is 0 Å². The van der Waals surface area contributed by atoms with E-state index in [0.717, 1.165) is 0 Å². The summed E-state index contributed by atoms with van der Waals surface area (Å²) in [5.41, 5.74) is 0.289. The van der Waals surface area contributed by atoms with Crippen LogP contribution in [-0.4, -0.2) is 22.6 Å². The molecule has 0 bridgehead atoms. The highest BCUT2D eigenvalue weighted by molar-refractivity contribution is 9.10. The number of benzene rings is 1. The number of phenols is 1. The molecule has 4 heteroatoms. The first kappa shape index (κ1) is 9.22. The summed E-state index contributed by atoms with van der Waals surface area (Å²) in [4.78, 5) is 11.0. The zero-order valence-corrected chi connectivity index (χ0v) is 7.71. The van der Waals surface area contributed by atoms with Crippen LogP contribution in [0.15, 0.2) is 22.7 Å². The average Bonchev–Trinajstić information content (AvgIpc) is 2.08. The van der Waals surface area contributed by atoms with Gasteiger partial charge in [0.1, 0.15) is 12.4 Å². The molecule has 1 aromatic carbocycles. The molecule has 0 aliphatic rings. The Morgan fingerprint density at radius 3 is 2.75 bits per heavy atom. The van der Waals surface area contributed by atoms with E-state index in [-0.39, 0.29) is 11.3 Å². The fourth-order valence-corrected chi connectivity index (χ4v) is 1.31. The molecule has 1 rings (SSSR count). The van der Waals surface area contributed by atoms with E-state index in [1.54, 1.807) is 6.07 Å². The van der Waals surface area contributed by atoms with Crippen LogP contribution in [0.5, 0.6) is 5.75 Å². The van der Waals surface area contributed by atoms with E-state index in [1.807, 2.05) is 0 Å². The molecule has 0 aromatic heterocycles. The standard InChI is InChI=1S/C8H7BrO3/c9-8-5(7(12)4-10)2-1-3-6(8)11/h1-3,10-11H,4H2. The maximum Gasteiger partial charge on any atom is 0.189 e. The number of hydrogen-bond acceptors (Lipinski definition) is 3. The Morgan fingerprint density at radius 2 is 2.17 bits per heavy atom. The zero-order chi connectivity index (χ0) is 9.14. The van der Waals surface area contributed by atoms with Crippen LogP contribution in [0, 0.1) is 0 Å². The van der Waals surface area contributed by atoms with Gasteiger partial charge in [-0.05, 0) is 28.1 Å². The number of hydrogen-bond donors (Lipinski definition) is 2. The van der Waals surface area contributed by atoms with Crippen molar-refractivity contribution in [3.63, 3.8) is 0 Å². The maximum absolute atomic E-state index is 11.0. The number of aliphatic hydroxyl groups is 1. The van der Waals surface area contributed by atoms with Crippen molar-refractivity contribution in [2.24, 2.45) is 0 Å². The summed E-state index contributed by atoms with van der Waals surface area (Å²) in [7, 11) is 0. The summed E-state index contributed by atoms with van der Waals surface area (Å²) in [6.07, 6.45) is 0. The fraction of sp³-hybridized carbons (Fsp3) is 0.125. The quantitative estimate of drug-likeness (QED) is 0.755. The fourth-order valence-electron chi connectivity index (χ4n) is 0.820. The lowest BCUT2D eigenvalue weighted by Gasteiger charge is -2.02. The van der Waals surface area contributed by atoms with Crippen molar-refractivity contribution in [3.8, 4) is 5.75 Å². The van der Waals surface area contributed by atoms with Gasteiger partial charge in [0.05, 0.1) is 4.47 Å². The number of phenolic OH excluding ortho intramolecular Hbond substituents is 1. The first-order chi connectivity index (χ1) is 5.66. The Kier molecular flexibility index (Phi) is 2.83. The zero-order valence-electron chi connectivity index (χ0n) is 6.12. The minimum atomic E-state index is -0.554. The Labute approximate surface area is 77.8 Å². The molecule has 0 fully saturated rings. The first-order valence-electron chi connectivity index (χ1n) is 3.28. The molecule has 0 atom stereocenters. The largest absolute Gasteiger partial charge is 0.507 e. The summed E-state index contributed by atoms with van der Waals surface area (Å²) in [6, 6.07) is 4.53. The molecule has 0 aliphatic heterocycles. The van der Waals surface area contributed by atoms with E-state index >= 15 is 0 Å². The third-order valence-corrected chi connectivity index (χ3v) is 2.26. The van der Waals surface area contributed by atoms with E-state index in [0.29, 0.717) is 4.47 Å². The van der Waals surface area contributed by atoms with Crippen LogP contribution in [-0.2, 0) is 0 Å². The summed E-state index contributed by atoms with van der Waals surface area (Å²) in [5, 5.41) is 17.7. The topological polar surface area (TPSA) is 57.5 Å². The van der Waals surface area contributed by atoms with Crippen molar-refractivity contribution in [1.29, 1.82) is 0 Å². The minimum Gasteiger partial charge on any atom is -0.507 e. The third-order valence-electron chi connectivity index (χ3n) is 1.42. The Balaban J connectivity index is 3.16. The number of carbonyl (C=O) groups is 1. The van der Waals surface area contributed by atoms with Gasteiger partial charge in [-0.3, -0.25) is 4.79 Å². The predicted octanol–water partition coefficient (Wildman–Crippen LogP) is 1.33. The Bertz CT molecular complexity index is 309. The molecule has 0 saturated heterocycles. The molecule has 0 spiro atoms. The van der Waals surface area contributed by atoms with Crippen molar-refractivity contribution in [2.75, 3.05) is 6.61 Å². The number of aliphatic hydroxyl groups excluding tert-OH is 1. The van der Waals surface area contributed by atoms with Crippen molar-refractivity contribution in [3.05, 3.63) is 28.2 Å². The Morgan fingerprint density at radius 1 is 1.50 bits per heavy atom. The average molecular weight is 231 g/mol. The number of Topliss-reactive ketones (excluding diaryl/α,β-unsaturated/α-hetero) is 1. The van der Waals surface area contributed by atoms with Crippen LogP contribution in [0.4, 0.5) is 0 Å². The summed E-state index contributed by atoms with van der Waals surface area (Å²) >= 11 is 3.04. The molecule has 64 valence electrons. The van der Waals surface area contributed by atoms with Gasteiger partial charge in [0.2, 0.25) is 0 Å². The van der Waals surface area contributed by atoms with E-state index in [2.05, 4.69) is 15.9 Å². The molecular formula is C8H7BrO3. The van der Waals surface area contributed by atoms with Crippen LogP contribution in [0.1, 0.15) is 10.4 Å². The summed E-state index contributed by atoms with van der Waals surface area (Å²) < 4.78 is 0.323. The molecule has 0 amide bonds. The monoisotopic (exact) mass is 230 g/mol. The SMILES string of the molecule is O=C(CO)c1cccc(O)c1Br. The number of aromatic hydroxyl groups is 1. The van der Waals surface area contributed by atoms with E-state index in [9.17, 15) is 4.79 Å². The van der Waals surface area contributed by atoms with Crippen molar-refractivity contribution in [2.45, 2.75) is 0 Å². The van der Waals surface area contributed by atoms with Crippen LogP contribution in [0.2, 0.25) is 0 Å². The van der Waals surface area contributed by atoms with Gasteiger partial charge in [0.15, 0.2) is 5.78 Å². The molecule has 0 radical (unpaired) electrons. The lowest BCUT2D eigenvalue weighted by atomic mass is 10.1. The number of ketones is 1. The van der Waals surface area contributed by atoms with Gasteiger partial charge in [-0.1, -0.05) is 6.07 Å². The second-order valence-electron chi connectivity index (χ2n) is 2.22. The van der Waals surface area contributed by atoms with E-state index < -0.39 is 12.4 Å². The highest BCUT2D eigenvalue weighted by atomic mass is 79.9. The number of carbonyl (C=O) groups excluding carboxylic acids is 1. The minimum absolute atomic E-state index is 0.00528. The van der Waals surface area contributed by atoms with Gasteiger partial charge in [0.25, 0.3) is 0 Å². The van der Waals surface area contributed by atoms with Gasteiger partial charge in [-0.15, -0.1) is 0 Å². The van der Waals surface area contributed by atoms with Crippen molar-refractivity contribution in [1.82, 2.24) is 0 Å². The van der Waals surface area contributed by atoms with Gasteiger partial charge in [-0.25, -0.2) is 0 Å². The summed E-state index contributed by atoms with van der Waals surface area (Å²) in [6.45, 7) is -0.554. The van der Waals surface area contributed by atoms with E-state index in [1.165, 1.54) is 12.1 Å². The normalized spacial score (nSPS) is 9.83. The number of halogens is 1. The second-order valence-corrected chi connectivity index (χ2v) is 3.01. The molecular weight excluding hydrogens is 224 g/mol. The number of rotatable bonds is 2. The maximum atomic E-state index is 11.0. The third kappa shape index (κ3) is 1.65. The van der Waals surface area contributed by atoms with Gasteiger partial charge < -0.3 is 10.2 Å². The predicted molar refractivity (Wildman–Crippen MR) is 47.2 cm³/mol. The van der Waals surface area contributed by atoms with Crippen LogP contribution in [0.25, 0.3) is 0 Å². The van der Waals surface area contributed by atoms with Gasteiger partial charge in [-0.2, -0.15) is 0 Å². The molecule has 12 heavy (non-hydrogen) atoms. The van der Waals surface area contributed by atoms with Gasteiger partial charge >= 0.3 is 0 Å². The lowest BCUT2D eigenvalue weighted by Crippen LogP contribution is -2.04. The van der Waals surface area contributed by atoms with Crippen LogP contribution >= 0.6 is 15.9 Å². The lowest BCUT2D eigenvalue weighted by molar-refractivity contribution is 0.0902. The molecule has 2 N–H and O–H groups in total. The molecule has 1 aromatic rings. The van der Waals surface area contributed by atoms with Gasteiger partial charge in [0, 0.05) is 5.56 Å². The molecule has 0 unspecified atom stereocenters. The smallest absolute Gasteiger partial charge is 0.189 e. The summed E-state index contributed by atoms with van der Waals surface area (Å²) in [5.74, 6) is -0.424. The molecule has 0 saturated carbocycles. The van der Waals surface area contributed by atoms with Crippen molar-refractivity contribution >= 4 is 21.7 Å². The molecule has 3 nitrogen and oxygen atoms in total. The van der Waals surface area contributed by atoms with E-state index in [4.69, 9.17) is 10.2 Å². The highest BCUT2D eigenvalue weighted by Crippen LogP contribution is 2.27. The van der Waals surface area contributed by atoms with Crippen molar-refractivity contribution < 1.29 is 15.0 Å². The molecule has 0 aliphatic carbocycles. The highest BCUT2D eigenvalue weighted by Gasteiger charge is 2.10. The Hall–Kier alpha value is -0.870. The van der Waals surface area contributed by atoms with Crippen LogP contribution < -0.4 is 0 Å².